The summed E-state index contributed by atoms with van der Waals surface area (Å²) in [6.45, 7) is 2.19. The Labute approximate surface area is 224 Å². The van der Waals surface area contributed by atoms with Gasteiger partial charge in [0.2, 0.25) is 17.7 Å². The highest BCUT2D eigenvalue weighted by Crippen LogP contribution is 2.56. The second-order valence-electron chi connectivity index (χ2n) is 11.8. The maximum absolute atomic E-state index is 14.2. The summed E-state index contributed by atoms with van der Waals surface area (Å²) in [6.07, 6.45) is 12.6. The molecule has 8 nitrogen and oxygen atoms in total. The third-order valence-corrected chi connectivity index (χ3v) is 9.61. The van der Waals surface area contributed by atoms with Crippen molar-refractivity contribution in [3.8, 4) is 5.75 Å². The number of rotatable bonds is 6. The van der Waals surface area contributed by atoms with Crippen molar-refractivity contribution in [2.45, 2.75) is 94.5 Å². The first-order valence-electron chi connectivity index (χ1n) is 14.4. The summed E-state index contributed by atoms with van der Waals surface area (Å²) >= 11 is 0. The van der Waals surface area contributed by atoms with E-state index in [-0.39, 0.29) is 29.8 Å². The SMILES string of the molecule is COc1cccc(NC(=O)[C@H]2[C@H]3C=C[C@@]4(O3)[C@H]2C(=O)N(C2CCCCC2)[C@@H]4C(=O)N[C@@H]2CCCC[C@H]2C)c1. The predicted octanol–water partition coefficient (Wildman–Crippen LogP) is 3.81. The number of amides is 3. The predicted molar refractivity (Wildman–Crippen MR) is 142 cm³/mol. The number of nitrogens with zero attached hydrogens (tertiary/aromatic N) is 1. The van der Waals surface area contributed by atoms with E-state index in [9.17, 15) is 14.4 Å². The molecule has 0 unspecified atom stereocenters. The molecule has 2 saturated carbocycles. The second kappa shape index (κ2) is 10.0. The van der Waals surface area contributed by atoms with E-state index in [1.54, 1.807) is 19.2 Å². The van der Waals surface area contributed by atoms with Crippen LogP contribution >= 0.6 is 0 Å². The number of ether oxygens (including phenoxy) is 2. The Morgan fingerprint density at radius 3 is 2.58 bits per heavy atom. The first-order valence-corrected chi connectivity index (χ1v) is 14.4. The lowest BCUT2D eigenvalue weighted by molar-refractivity contribution is -0.145. The van der Waals surface area contributed by atoms with Gasteiger partial charge in [-0.3, -0.25) is 14.4 Å². The monoisotopic (exact) mass is 521 g/mol. The van der Waals surface area contributed by atoms with Crippen molar-refractivity contribution in [2.24, 2.45) is 17.8 Å². The van der Waals surface area contributed by atoms with Gasteiger partial charge in [0.25, 0.3) is 0 Å². The zero-order valence-corrected chi connectivity index (χ0v) is 22.4. The third-order valence-electron chi connectivity index (χ3n) is 9.61. The lowest BCUT2D eigenvalue weighted by Crippen LogP contribution is -2.59. The molecule has 204 valence electrons. The summed E-state index contributed by atoms with van der Waals surface area (Å²) in [4.78, 5) is 43.8. The van der Waals surface area contributed by atoms with Gasteiger partial charge in [0.15, 0.2) is 0 Å². The van der Waals surface area contributed by atoms with Crippen LogP contribution in [0.15, 0.2) is 36.4 Å². The molecule has 6 rings (SSSR count). The highest BCUT2D eigenvalue weighted by molar-refractivity contribution is 6.03. The van der Waals surface area contributed by atoms with Crippen molar-refractivity contribution in [3.05, 3.63) is 36.4 Å². The smallest absolute Gasteiger partial charge is 0.246 e. The van der Waals surface area contributed by atoms with Gasteiger partial charge in [-0.2, -0.15) is 0 Å². The molecule has 8 heteroatoms. The minimum absolute atomic E-state index is 0.00565. The largest absolute Gasteiger partial charge is 0.497 e. The normalized spacial score (nSPS) is 36.3. The van der Waals surface area contributed by atoms with Crippen LogP contribution in [0.1, 0.15) is 64.7 Å². The fourth-order valence-corrected chi connectivity index (χ4v) is 7.68. The molecule has 0 aromatic heterocycles. The van der Waals surface area contributed by atoms with Crippen molar-refractivity contribution in [2.75, 3.05) is 12.4 Å². The summed E-state index contributed by atoms with van der Waals surface area (Å²) in [5, 5.41) is 6.30. The van der Waals surface area contributed by atoms with Crippen molar-refractivity contribution >= 4 is 23.4 Å². The Balaban J connectivity index is 1.31. The van der Waals surface area contributed by atoms with E-state index in [0.717, 1.165) is 51.4 Å². The molecule has 2 saturated heterocycles. The second-order valence-corrected chi connectivity index (χ2v) is 11.8. The maximum atomic E-state index is 14.2. The van der Waals surface area contributed by atoms with Crippen molar-refractivity contribution in [1.29, 1.82) is 0 Å². The van der Waals surface area contributed by atoms with Crippen LogP contribution in [0.5, 0.6) is 5.75 Å². The molecule has 7 atom stereocenters. The van der Waals surface area contributed by atoms with Crippen LogP contribution in [0.3, 0.4) is 0 Å². The van der Waals surface area contributed by atoms with Crippen LogP contribution in [0.4, 0.5) is 5.69 Å². The zero-order valence-electron chi connectivity index (χ0n) is 22.4. The summed E-state index contributed by atoms with van der Waals surface area (Å²) in [7, 11) is 1.58. The topological polar surface area (TPSA) is 97.0 Å². The number of carbonyl (C=O) groups excluding carboxylic acids is 3. The van der Waals surface area contributed by atoms with Crippen LogP contribution in [0.25, 0.3) is 0 Å². The Morgan fingerprint density at radius 2 is 1.82 bits per heavy atom. The van der Waals surface area contributed by atoms with Gasteiger partial charge < -0.3 is 25.0 Å². The van der Waals surface area contributed by atoms with Gasteiger partial charge in [-0.15, -0.1) is 0 Å². The molecule has 2 bridgehead atoms. The molecule has 2 aliphatic carbocycles. The number of benzene rings is 1. The first-order chi connectivity index (χ1) is 18.4. The fourth-order valence-electron chi connectivity index (χ4n) is 7.68. The van der Waals surface area contributed by atoms with E-state index in [2.05, 4.69) is 17.6 Å². The Kier molecular flexibility index (Phi) is 6.70. The summed E-state index contributed by atoms with van der Waals surface area (Å²) < 4.78 is 11.8. The maximum Gasteiger partial charge on any atom is 0.246 e. The molecule has 1 aromatic carbocycles. The molecule has 5 aliphatic rings. The van der Waals surface area contributed by atoms with E-state index in [1.807, 2.05) is 29.2 Å². The van der Waals surface area contributed by atoms with Crippen molar-refractivity contribution < 1.29 is 23.9 Å². The summed E-state index contributed by atoms with van der Waals surface area (Å²) in [5.74, 6) is -0.897. The average molecular weight is 522 g/mol. The van der Waals surface area contributed by atoms with Gasteiger partial charge in [0.05, 0.1) is 25.0 Å². The van der Waals surface area contributed by atoms with Crippen LogP contribution in [-0.2, 0) is 19.1 Å². The van der Waals surface area contributed by atoms with Gasteiger partial charge >= 0.3 is 0 Å². The highest BCUT2D eigenvalue weighted by atomic mass is 16.5. The number of hydrogen-bond acceptors (Lipinski definition) is 5. The van der Waals surface area contributed by atoms with Crippen molar-refractivity contribution in [3.63, 3.8) is 0 Å². The number of methoxy groups -OCH3 is 1. The number of fused-ring (bicyclic) bond motifs is 1. The van der Waals surface area contributed by atoms with Gasteiger partial charge in [-0.1, -0.05) is 57.2 Å². The summed E-state index contributed by atoms with van der Waals surface area (Å²) in [6, 6.07) is 6.51. The minimum atomic E-state index is -1.11. The van der Waals surface area contributed by atoms with Crippen molar-refractivity contribution in [1.82, 2.24) is 10.2 Å². The molecule has 2 N–H and O–H groups in total. The molecule has 3 heterocycles. The van der Waals surface area contributed by atoms with E-state index >= 15 is 0 Å². The van der Waals surface area contributed by atoms with E-state index in [0.29, 0.717) is 17.4 Å². The number of likely N-dealkylation sites (tertiary alicyclic amines) is 1. The Bertz CT molecular complexity index is 1130. The van der Waals surface area contributed by atoms with Gasteiger partial charge in [-0.25, -0.2) is 0 Å². The molecular weight excluding hydrogens is 482 g/mol. The van der Waals surface area contributed by atoms with Gasteiger partial charge in [-0.05, 0) is 43.7 Å². The Hall–Kier alpha value is -2.87. The Morgan fingerprint density at radius 1 is 1.05 bits per heavy atom. The first kappa shape index (κ1) is 25.4. The molecule has 4 fully saturated rings. The van der Waals surface area contributed by atoms with Gasteiger partial charge in [0, 0.05) is 23.8 Å². The molecule has 1 spiro atoms. The van der Waals surface area contributed by atoms with E-state index in [1.165, 1.54) is 6.42 Å². The molecule has 3 aliphatic heterocycles. The average Bonchev–Trinajstić information content (AvgIpc) is 3.58. The van der Waals surface area contributed by atoms with Crippen LogP contribution in [0, 0.1) is 17.8 Å². The molecule has 3 amide bonds. The quantitative estimate of drug-likeness (QED) is 0.555. The van der Waals surface area contributed by atoms with Crippen LogP contribution < -0.4 is 15.4 Å². The van der Waals surface area contributed by atoms with E-state index < -0.39 is 29.6 Å². The molecule has 38 heavy (non-hydrogen) atoms. The summed E-state index contributed by atoms with van der Waals surface area (Å²) in [5.41, 5.74) is -0.511. The van der Waals surface area contributed by atoms with E-state index in [4.69, 9.17) is 9.47 Å². The number of carbonyl (C=O) groups is 3. The third kappa shape index (κ3) is 4.12. The van der Waals surface area contributed by atoms with Crippen LogP contribution in [-0.4, -0.2) is 59.6 Å². The number of nitrogens with one attached hydrogen (secondary N) is 2. The lowest BCUT2D eigenvalue weighted by atomic mass is 9.74. The molecule has 1 aromatic rings. The standard InChI is InChI=1S/C30H39N3O5/c1-18-9-6-7-14-22(18)32-28(35)26-30-16-15-23(38-30)24(27(34)31-19-10-8-13-21(17-19)37-2)25(30)29(36)33(26)20-11-4-3-5-12-20/h8,10,13,15-18,20,22-26H,3-7,9,11-12,14H2,1-2H3,(H,31,34)(H,32,35)/t18-,22-,23-,24+,25-,26-,30-/m1/s1. The van der Waals surface area contributed by atoms with Gasteiger partial charge in [0.1, 0.15) is 17.4 Å². The minimum Gasteiger partial charge on any atom is -0.497 e. The zero-order chi connectivity index (χ0) is 26.4. The number of hydrogen-bond donors (Lipinski definition) is 2. The molecular formula is C30H39N3O5. The lowest BCUT2D eigenvalue weighted by Gasteiger charge is -2.40. The highest BCUT2D eigenvalue weighted by Gasteiger charge is 2.73. The fraction of sp³-hybridized carbons (Fsp3) is 0.633. The van der Waals surface area contributed by atoms with Crippen LogP contribution in [0.2, 0.25) is 0 Å². The number of anilines is 1. The molecule has 0 radical (unpaired) electrons.